The Hall–Kier alpha value is -3.89. The largest absolute Gasteiger partial charge is 0.416 e. The number of nitrogens with zero attached hydrogens (tertiary/aromatic N) is 1. The number of amides is 5. The number of rotatable bonds is 5. The van der Waals surface area contributed by atoms with Crippen molar-refractivity contribution in [3.05, 3.63) is 70.3 Å². The highest BCUT2D eigenvalue weighted by molar-refractivity contribution is 6.05. The molecule has 4 rings (SSSR count). The second kappa shape index (κ2) is 9.16. The summed E-state index contributed by atoms with van der Waals surface area (Å²) in [4.78, 5) is 49.9. The Bertz CT molecular complexity index is 1150. The lowest BCUT2D eigenvalue weighted by Gasteiger charge is -2.29. The molecule has 1 saturated heterocycles. The summed E-state index contributed by atoms with van der Waals surface area (Å²) >= 11 is 0. The van der Waals surface area contributed by atoms with Crippen LogP contribution in [0.2, 0.25) is 0 Å². The SMILES string of the molecule is O=C1CCC(N2Cc3ccc(CNC(=O)NCc4ccc(C(F)(F)F)cc4)cc3C2=O)C(=O)N1. The summed E-state index contributed by atoms with van der Waals surface area (Å²) < 4.78 is 37.8. The van der Waals surface area contributed by atoms with Gasteiger partial charge in [0.15, 0.2) is 0 Å². The van der Waals surface area contributed by atoms with Gasteiger partial charge in [0.1, 0.15) is 6.04 Å². The minimum absolute atomic E-state index is 0.0492. The lowest BCUT2D eigenvalue weighted by atomic mass is 10.0. The van der Waals surface area contributed by atoms with Crippen LogP contribution in [0.1, 0.15) is 45.5 Å². The first-order chi connectivity index (χ1) is 16.1. The molecule has 3 N–H and O–H groups in total. The van der Waals surface area contributed by atoms with Crippen molar-refractivity contribution in [1.29, 1.82) is 0 Å². The minimum Gasteiger partial charge on any atom is -0.334 e. The highest BCUT2D eigenvalue weighted by Crippen LogP contribution is 2.29. The van der Waals surface area contributed by atoms with Crippen molar-refractivity contribution in [2.24, 2.45) is 0 Å². The Labute approximate surface area is 192 Å². The molecule has 1 unspecified atom stereocenters. The molecule has 2 aromatic carbocycles. The predicted molar refractivity (Wildman–Crippen MR) is 113 cm³/mol. The number of carbonyl (C=O) groups excluding carboxylic acids is 4. The molecule has 2 aromatic rings. The number of imide groups is 1. The van der Waals surface area contributed by atoms with Crippen LogP contribution in [0.5, 0.6) is 0 Å². The number of benzene rings is 2. The predicted octanol–water partition coefficient (Wildman–Crippen LogP) is 2.47. The molecule has 0 aliphatic carbocycles. The first kappa shape index (κ1) is 23.3. The van der Waals surface area contributed by atoms with Crippen molar-refractivity contribution < 1.29 is 32.3 Å². The van der Waals surface area contributed by atoms with Crippen molar-refractivity contribution in [2.45, 2.75) is 44.7 Å². The van der Waals surface area contributed by atoms with E-state index in [9.17, 15) is 32.3 Å². The summed E-state index contributed by atoms with van der Waals surface area (Å²) in [6, 6.07) is 8.45. The molecule has 2 heterocycles. The van der Waals surface area contributed by atoms with Crippen LogP contribution in [0.4, 0.5) is 18.0 Å². The Balaban J connectivity index is 1.30. The van der Waals surface area contributed by atoms with Crippen LogP contribution < -0.4 is 16.0 Å². The van der Waals surface area contributed by atoms with Gasteiger partial charge in [-0.25, -0.2) is 4.79 Å². The maximum atomic E-state index is 12.8. The van der Waals surface area contributed by atoms with E-state index in [0.717, 1.165) is 17.7 Å². The van der Waals surface area contributed by atoms with Gasteiger partial charge in [-0.05, 0) is 41.3 Å². The van der Waals surface area contributed by atoms with Gasteiger partial charge in [0.05, 0.1) is 5.56 Å². The van der Waals surface area contributed by atoms with Gasteiger partial charge in [0.25, 0.3) is 5.91 Å². The van der Waals surface area contributed by atoms with Crippen LogP contribution >= 0.6 is 0 Å². The van der Waals surface area contributed by atoms with Crippen LogP contribution in [0.15, 0.2) is 42.5 Å². The maximum Gasteiger partial charge on any atom is 0.416 e. The second-order valence-corrected chi connectivity index (χ2v) is 8.12. The number of nitrogens with one attached hydrogen (secondary N) is 3. The molecule has 0 spiro atoms. The Kier molecular flexibility index (Phi) is 6.27. The number of alkyl halides is 3. The van der Waals surface area contributed by atoms with Gasteiger partial charge >= 0.3 is 12.2 Å². The summed E-state index contributed by atoms with van der Waals surface area (Å²) in [6.45, 7) is 0.438. The van der Waals surface area contributed by atoms with E-state index in [1.807, 2.05) is 0 Å². The van der Waals surface area contributed by atoms with E-state index in [1.165, 1.54) is 17.0 Å². The quantitative estimate of drug-likeness (QED) is 0.579. The molecule has 1 atom stereocenters. The maximum absolute atomic E-state index is 12.8. The van der Waals surface area contributed by atoms with Gasteiger partial charge in [-0.15, -0.1) is 0 Å². The second-order valence-electron chi connectivity index (χ2n) is 8.12. The topological polar surface area (TPSA) is 108 Å². The van der Waals surface area contributed by atoms with Crippen LogP contribution in [-0.4, -0.2) is 34.7 Å². The third-order valence-electron chi connectivity index (χ3n) is 5.78. The van der Waals surface area contributed by atoms with Crippen LogP contribution in [0.3, 0.4) is 0 Å². The summed E-state index contributed by atoms with van der Waals surface area (Å²) in [6.07, 6.45) is -3.97. The Morgan fingerprint density at radius 3 is 2.29 bits per heavy atom. The molecule has 0 aromatic heterocycles. The van der Waals surface area contributed by atoms with E-state index < -0.39 is 29.7 Å². The third-order valence-corrected chi connectivity index (χ3v) is 5.78. The fourth-order valence-electron chi connectivity index (χ4n) is 3.95. The van der Waals surface area contributed by atoms with Gasteiger partial charge < -0.3 is 15.5 Å². The zero-order valence-corrected chi connectivity index (χ0v) is 17.9. The van der Waals surface area contributed by atoms with Crippen LogP contribution in [0, 0.1) is 0 Å². The molecule has 1 fully saturated rings. The van der Waals surface area contributed by atoms with Gasteiger partial charge in [-0.1, -0.05) is 24.3 Å². The average molecular weight is 474 g/mol. The zero-order valence-electron chi connectivity index (χ0n) is 17.9. The van der Waals surface area contributed by atoms with Gasteiger partial charge in [-0.3, -0.25) is 19.7 Å². The van der Waals surface area contributed by atoms with Crippen molar-refractivity contribution in [1.82, 2.24) is 20.9 Å². The van der Waals surface area contributed by atoms with Gasteiger partial charge in [0, 0.05) is 31.6 Å². The molecule has 178 valence electrons. The first-order valence-electron chi connectivity index (χ1n) is 10.6. The lowest BCUT2D eigenvalue weighted by molar-refractivity contribution is -0.138. The Morgan fingerprint density at radius 1 is 1.00 bits per heavy atom. The first-order valence-corrected chi connectivity index (χ1v) is 10.6. The molecule has 11 heteroatoms. The third kappa shape index (κ3) is 5.03. The fraction of sp³-hybridized carbons (Fsp3) is 0.304. The molecule has 5 amide bonds. The molecule has 0 bridgehead atoms. The molecule has 34 heavy (non-hydrogen) atoms. The van der Waals surface area contributed by atoms with E-state index in [0.29, 0.717) is 16.7 Å². The Morgan fingerprint density at radius 2 is 1.65 bits per heavy atom. The van der Waals surface area contributed by atoms with E-state index in [-0.39, 0.29) is 44.3 Å². The standard InChI is InChI=1S/C23H21F3N4O4/c24-23(25,26)16-5-2-13(3-6-16)10-27-22(34)28-11-14-1-4-15-12-30(21(33)17(15)9-14)18-7-8-19(31)29-20(18)32/h1-6,9,18H,7-8,10-12H2,(H2,27,28,34)(H,29,31,32). The van der Waals surface area contributed by atoms with Crippen LogP contribution in [-0.2, 0) is 35.4 Å². The van der Waals surface area contributed by atoms with Crippen LogP contribution in [0.25, 0.3) is 0 Å². The number of hydrogen-bond donors (Lipinski definition) is 3. The van der Waals surface area contributed by atoms with Crippen molar-refractivity contribution >= 4 is 23.8 Å². The summed E-state index contributed by atoms with van der Waals surface area (Å²) in [7, 11) is 0. The normalized spacial score (nSPS) is 17.9. The number of fused-ring (bicyclic) bond motifs is 1. The molecular formula is C23H21F3N4O4. The molecule has 0 radical (unpaired) electrons. The van der Waals surface area contributed by atoms with E-state index >= 15 is 0 Å². The fourth-order valence-corrected chi connectivity index (χ4v) is 3.95. The molecule has 8 nitrogen and oxygen atoms in total. The molecule has 2 aliphatic rings. The summed E-state index contributed by atoms with van der Waals surface area (Å²) in [5, 5.41) is 7.46. The van der Waals surface area contributed by atoms with E-state index in [1.54, 1.807) is 18.2 Å². The highest BCUT2D eigenvalue weighted by Gasteiger charge is 2.39. The number of urea groups is 1. The zero-order chi connectivity index (χ0) is 24.5. The average Bonchev–Trinajstić information content (AvgIpc) is 3.11. The molecule has 0 saturated carbocycles. The van der Waals surface area contributed by atoms with Crippen molar-refractivity contribution in [3.8, 4) is 0 Å². The molecular weight excluding hydrogens is 453 g/mol. The van der Waals surface area contributed by atoms with Gasteiger partial charge in [0.2, 0.25) is 11.8 Å². The molecule has 2 aliphatic heterocycles. The van der Waals surface area contributed by atoms with E-state index in [2.05, 4.69) is 16.0 Å². The monoisotopic (exact) mass is 474 g/mol. The lowest BCUT2D eigenvalue weighted by Crippen LogP contribution is -2.52. The van der Waals surface area contributed by atoms with E-state index in [4.69, 9.17) is 0 Å². The minimum atomic E-state index is -4.42. The van der Waals surface area contributed by atoms with Gasteiger partial charge in [-0.2, -0.15) is 13.2 Å². The number of hydrogen-bond acceptors (Lipinski definition) is 4. The summed E-state index contributed by atoms with van der Waals surface area (Å²) in [5.74, 6) is -1.14. The highest BCUT2D eigenvalue weighted by atomic mass is 19.4. The number of piperidine rings is 1. The number of halogens is 3. The van der Waals surface area contributed by atoms with Crippen molar-refractivity contribution in [2.75, 3.05) is 0 Å². The van der Waals surface area contributed by atoms with Crippen molar-refractivity contribution in [3.63, 3.8) is 0 Å². The smallest absolute Gasteiger partial charge is 0.334 e. The summed E-state index contributed by atoms with van der Waals surface area (Å²) in [5.41, 5.74) is 1.61. The number of carbonyl (C=O) groups is 4.